The number of aryl methyl sites for hydroxylation is 1. The van der Waals surface area contributed by atoms with Crippen molar-refractivity contribution in [2.45, 2.75) is 38.2 Å². The third-order valence-corrected chi connectivity index (χ3v) is 6.43. The number of nitrogens with one attached hydrogen (secondary N) is 1. The van der Waals surface area contributed by atoms with Crippen LogP contribution >= 0.6 is 0 Å². The molecule has 1 aliphatic rings. The molecule has 11 nitrogen and oxygen atoms in total. The number of benzene rings is 2. The number of phenolic OH excluding ortho intramolecular Hbond substituents is 2. The lowest BCUT2D eigenvalue weighted by atomic mass is 10.0. The molecule has 1 fully saturated rings. The standard InChI is InChI=1S/C27H28N6O5/c1-15-4-6-16(7-5-15)9-17-10-19(23(36)20(34)11-17)26(37)29-8-2-3-18-12-21(35)27(38-18)33-14-32-22-24(28)30-13-31-25(22)33/h2-7,10-11,13-14,18,21,27,34-36H,8-9,12H2,1H3,(H,29,37)(H2,28,30,31)/b3-2+/t18-,21?,27-/m1/s1. The number of hydrogen-bond donors (Lipinski definition) is 5. The van der Waals surface area contributed by atoms with Crippen molar-refractivity contribution in [3.8, 4) is 11.5 Å². The molecule has 0 spiro atoms. The molecule has 1 amide bonds. The second kappa shape index (κ2) is 10.5. The summed E-state index contributed by atoms with van der Waals surface area (Å²) < 4.78 is 7.59. The summed E-state index contributed by atoms with van der Waals surface area (Å²) >= 11 is 0. The van der Waals surface area contributed by atoms with Crippen LogP contribution in [0.3, 0.4) is 0 Å². The molecule has 3 heterocycles. The number of aliphatic hydroxyl groups excluding tert-OH is 1. The highest BCUT2D eigenvalue weighted by Gasteiger charge is 2.35. The van der Waals surface area contributed by atoms with E-state index in [2.05, 4.69) is 20.3 Å². The van der Waals surface area contributed by atoms with Gasteiger partial charge < -0.3 is 31.1 Å². The summed E-state index contributed by atoms with van der Waals surface area (Å²) in [4.78, 5) is 25.1. The first-order valence-corrected chi connectivity index (χ1v) is 12.1. The molecule has 0 saturated carbocycles. The lowest BCUT2D eigenvalue weighted by molar-refractivity contribution is -0.0228. The third-order valence-electron chi connectivity index (χ3n) is 6.43. The number of amides is 1. The van der Waals surface area contributed by atoms with Crippen molar-refractivity contribution in [3.63, 3.8) is 0 Å². The van der Waals surface area contributed by atoms with Crippen LogP contribution in [0.5, 0.6) is 11.5 Å². The number of nitrogens with zero attached hydrogens (tertiary/aromatic N) is 4. The van der Waals surface area contributed by atoms with E-state index < -0.39 is 30.1 Å². The Bertz CT molecular complexity index is 1500. The molecular formula is C27H28N6O5. The molecule has 5 rings (SSSR count). The van der Waals surface area contributed by atoms with Gasteiger partial charge in [-0.15, -0.1) is 0 Å². The summed E-state index contributed by atoms with van der Waals surface area (Å²) in [5.41, 5.74) is 9.58. The predicted octanol–water partition coefficient (Wildman–Crippen LogP) is 2.35. The molecule has 1 unspecified atom stereocenters. The number of aromatic nitrogens is 4. The fraction of sp³-hybridized carbons (Fsp3) is 0.259. The van der Waals surface area contributed by atoms with Crippen molar-refractivity contribution >= 4 is 22.9 Å². The Labute approximate surface area is 218 Å². The number of carbonyl (C=O) groups is 1. The summed E-state index contributed by atoms with van der Waals surface area (Å²) in [6.07, 6.45) is 5.22. The van der Waals surface area contributed by atoms with E-state index in [-0.39, 0.29) is 23.7 Å². The second-order valence-corrected chi connectivity index (χ2v) is 9.26. The van der Waals surface area contributed by atoms with Crippen LogP contribution in [0, 0.1) is 6.92 Å². The first kappa shape index (κ1) is 25.2. The van der Waals surface area contributed by atoms with Gasteiger partial charge in [-0.2, -0.15) is 0 Å². The van der Waals surface area contributed by atoms with Crippen molar-refractivity contribution in [2.75, 3.05) is 12.3 Å². The van der Waals surface area contributed by atoms with E-state index in [0.29, 0.717) is 29.6 Å². The Morgan fingerprint density at radius 3 is 2.76 bits per heavy atom. The van der Waals surface area contributed by atoms with Crippen LogP contribution in [0.1, 0.15) is 39.7 Å². The fourth-order valence-electron chi connectivity index (χ4n) is 4.47. The molecule has 11 heteroatoms. The molecule has 1 saturated heterocycles. The highest BCUT2D eigenvalue weighted by Crippen LogP contribution is 2.33. The normalized spacial score (nSPS) is 19.4. The van der Waals surface area contributed by atoms with Crippen LogP contribution in [-0.2, 0) is 11.2 Å². The van der Waals surface area contributed by atoms with Gasteiger partial charge in [-0.1, -0.05) is 42.0 Å². The summed E-state index contributed by atoms with van der Waals surface area (Å²) in [6, 6.07) is 11.0. The summed E-state index contributed by atoms with van der Waals surface area (Å²) in [6.45, 7) is 2.15. The monoisotopic (exact) mass is 516 g/mol. The van der Waals surface area contributed by atoms with Gasteiger partial charge >= 0.3 is 0 Å². The maximum absolute atomic E-state index is 12.8. The number of aromatic hydroxyl groups is 2. The highest BCUT2D eigenvalue weighted by molar-refractivity contribution is 5.98. The number of aliphatic hydroxyl groups is 1. The molecular weight excluding hydrogens is 488 g/mol. The Kier molecular flexibility index (Phi) is 6.95. The van der Waals surface area contributed by atoms with Gasteiger partial charge in [-0.3, -0.25) is 9.36 Å². The van der Waals surface area contributed by atoms with E-state index in [1.54, 1.807) is 22.8 Å². The van der Waals surface area contributed by atoms with Gasteiger partial charge in [-0.05, 0) is 36.6 Å². The molecule has 1 aliphatic heterocycles. The maximum atomic E-state index is 12.8. The quantitative estimate of drug-likeness (QED) is 0.183. The van der Waals surface area contributed by atoms with Crippen molar-refractivity contribution < 1.29 is 24.9 Å². The average Bonchev–Trinajstić information content (AvgIpc) is 3.49. The Morgan fingerprint density at radius 1 is 1.18 bits per heavy atom. The van der Waals surface area contributed by atoms with E-state index in [1.165, 1.54) is 18.7 Å². The number of phenols is 2. The molecule has 0 bridgehead atoms. The minimum Gasteiger partial charge on any atom is -0.504 e. The summed E-state index contributed by atoms with van der Waals surface area (Å²) in [5.74, 6) is -1.11. The molecule has 3 atom stereocenters. The second-order valence-electron chi connectivity index (χ2n) is 9.26. The number of rotatable bonds is 7. The van der Waals surface area contributed by atoms with E-state index in [1.807, 2.05) is 31.2 Å². The van der Waals surface area contributed by atoms with Crippen LogP contribution in [0.2, 0.25) is 0 Å². The SMILES string of the molecule is Cc1ccc(Cc2cc(O)c(O)c(C(=O)NC/C=C/[C@@H]3CC(O)[C@H](n4cnc5c(N)ncnc54)O3)c2)cc1. The lowest BCUT2D eigenvalue weighted by Crippen LogP contribution is -2.24. The van der Waals surface area contributed by atoms with Crippen molar-refractivity contribution in [3.05, 3.63) is 83.5 Å². The largest absolute Gasteiger partial charge is 0.504 e. The molecule has 4 aromatic rings. The zero-order chi connectivity index (χ0) is 26.8. The van der Waals surface area contributed by atoms with Crippen LogP contribution < -0.4 is 11.1 Å². The first-order valence-electron chi connectivity index (χ1n) is 12.1. The molecule has 2 aromatic carbocycles. The highest BCUT2D eigenvalue weighted by atomic mass is 16.5. The first-order chi connectivity index (χ1) is 18.3. The number of ether oxygens (including phenoxy) is 1. The average molecular weight is 517 g/mol. The van der Waals surface area contributed by atoms with Crippen LogP contribution in [0.15, 0.2) is 61.2 Å². The Morgan fingerprint density at radius 2 is 1.97 bits per heavy atom. The Hall–Kier alpha value is -4.48. The van der Waals surface area contributed by atoms with Gasteiger partial charge in [-0.25, -0.2) is 15.0 Å². The zero-order valence-corrected chi connectivity index (χ0v) is 20.7. The predicted molar refractivity (Wildman–Crippen MR) is 139 cm³/mol. The van der Waals surface area contributed by atoms with E-state index in [9.17, 15) is 20.1 Å². The molecule has 0 radical (unpaired) electrons. The minimum absolute atomic E-state index is 0.0126. The number of nitrogens with two attached hydrogens (primary N) is 1. The van der Waals surface area contributed by atoms with Crippen LogP contribution in [-0.4, -0.2) is 59.5 Å². The van der Waals surface area contributed by atoms with Gasteiger partial charge in [0.15, 0.2) is 29.2 Å². The van der Waals surface area contributed by atoms with Crippen LogP contribution in [0.4, 0.5) is 5.82 Å². The van der Waals surface area contributed by atoms with E-state index >= 15 is 0 Å². The van der Waals surface area contributed by atoms with Gasteiger partial charge in [0.1, 0.15) is 17.9 Å². The smallest absolute Gasteiger partial charge is 0.255 e. The lowest BCUT2D eigenvalue weighted by Gasteiger charge is -2.16. The summed E-state index contributed by atoms with van der Waals surface area (Å²) in [5, 5.41) is 33.7. The molecule has 196 valence electrons. The van der Waals surface area contributed by atoms with Gasteiger partial charge in [0.2, 0.25) is 0 Å². The molecule has 2 aromatic heterocycles. The van der Waals surface area contributed by atoms with E-state index in [0.717, 1.165) is 11.1 Å². The number of carbonyl (C=O) groups excluding carboxylic acids is 1. The van der Waals surface area contributed by atoms with E-state index in [4.69, 9.17) is 10.5 Å². The van der Waals surface area contributed by atoms with Crippen molar-refractivity contribution in [1.29, 1.82) is 0 Å². The van der Waals surface area contributed by atoms with Gasteiger partial charge in [0.05, 0.1) is 18.0 Å². The molecule has 0 aliphatic carbocycles. The third kappa shape index (κ3) is 5.15. The Balaban J connectivity index is 1.20. The number of anilines is 1. The van der Waals surface area contributed by atoms with Gasteiger partial charge in [0.25, 0.3) is 5.91 Å². The number of nitrogen functional groups attached to an aromatic ring is 1. The van der Waals surface area contributed by atoms with Crippen molar-refractivity contribution in [1.82, 2.24) is 24.8 Å². The van der Waals surface area contributed by atoms with Crippen LogP contribution in [0.25, 0.3) is 11.2 Å². The molecule has 38 heavy (non-hydrogen) atoms. The fourth-order valence-corrected chi connectivity index (χ4v) is 4.47. The zero-order valence-electron chi connectivity index (χ0n) is 20.7. The summed E-state index contributed by atoms with van der Waals surface area (Å²) in [7, 11) is 0. The minimum atomic E-state index is -0.802. The number of fused-ring (bicyclic) bond motifs is 1. The van der Waals surface area contributed by atoms with Crippen molar-refractivity contribution in [2.24, 2.45) is 0 Å². The molecule has 6 N–H and O–H groups in total. The maximum Gasteiger partial charge on any atom is 0.255 e. The topological polar surface area (TPSA) is 169 Å². The number of imidazole rings is 1. The van der Waals surface area contributed by atoms with Gasteiger partial charge in [0, 0.05) is 13.0 Å². The number of hydrogen-bond acceptors (Lipinski definition) is 9.